The zero-order valence-corrected chi connectivity index (χ0v) is 20.2. The van der Waals surface area contributed by atoms with Crippen LogP contribution in [0.5, 0.6) is 5.75 Å². The van der Waals surface area contributed by atoms with Crippen molar-refractivity contribution in [2.45, 2.75) is 35.1 Å². The van der Waals surface area contributed by atoms with Crippen LogP contribution >= 0.6 is 0 Å². The summed E-state index contributed by atoms with van der Waals surface area (Å²) in [6, 6.07) is 18.8. The molecular formula is C25H25NO6S2. The van der Waals surface area contributed by atoms with Crippen LogP contribution < -0.4 is 9.46 Å². The number of nitrogens with one attached hydrogen (secondary N) is 1. The lowest BCUT2D eigenvalue weighted by Crippen LogP contribution is -2.31. The first-order valence-electron chi connectivity index (χ1n) is 10.8. The van der Waals surface area contributed by atoms with E-state index in [1.807, 2.05) is 24.3 Å². The number of hydrogen-bond donors (Lipinski definition) is 2. The van der Waals surface area contributed by atoms with Gasteiger partial charge in [-0.05, 0) is 71.8 Å². The number of carbonyl (C=O) groups is 1. The van der Waals surface area contributed by atoms with Crippen molar-refractivity contribution in [3.05, 3.63) is 77.9 Å². The third kappa shape index (κ3) is 5.38. The molecule has 1 aliphatic rings. The molecule has 1 aliphatic carbocycles. The average Bonchev–Trinajstić information content (AvgIpc) is 2.83. The van der Waals surface area contributed by atoms with Crippen LogP contribution in [-0.2, 0) is 32.0 Å². The minimum absolute atomic E-state index is 0.150. The van der Waals surface area contributed by atoms with Crippen LogP contribution in [-0.4, -0.2) is 36.6 Å². The van der Waals surface area contributed by atoms with Crippen LogP contribution in [0.2, 0.25) is 0 Å². The van der Waals surface area contributed by atoms with Crippen molar-refractivity contribution in [2.75, 3.05) is 12.9 Å². The molecule has 0 saturated heterocycles. The maximum absolute atomic E-state index is 13.1. The van der Waals surface area contributed by atoms with E-state index in [0.29, 0.717) is 23.5 Å². The highest BCUT2D eigenvalue weighted by Crippen LogP contribution is 2.36. The maximum Gasteiger partial charge on any atom is 0.341 e. The minimum atomic E-state index is -3.80. The van der Waals surface area contributed by atoms with Gasteiger partial charge in [0.1, 0.15) is 5.75 Å². The first kappa shape index (κ1) is 24.1. The van der Waals surface area contributed by atoms with E-state index < -0.39 is 39.4 Å². The van der Waals surface area contributed by atoms with Crippen molar-refractivity contribution < 1.29 is 27.3 Å². The number of aliphatic carboxylic acids is 1. The Morgan fingerprint density at radius 1 is 1.09 bits per heavy atom. The molecule has 0 heterocycles. The largest absolute Gasteiger partial charge is 0.482 e. The third-order valence-electron chi connectivity index (χ3n) is 5.78. The van der Waals surface area contributed by atoms with E-state index >= 15 is 0 Å². The van der Waals surface area contributed by atoms with Crippen molar-refractivity contribution in [3.8, 4) is 16.9 Å². The van der Waals surface area contributed by atoms with Gasteiger partial charge < -0.3 is 9.84 Å². The van der Waals surface area contributed by atoms with E-state index in [0.717, 1.165) is 28.7 Å². The second-order valence-corrected chi connectivity index (χ2v) is 11.2. The fourth-order valence-corrected chi connectivity index (χ4v) is 5.96. The van der Waals surface area contributed by atoms with E-state index in [9.17, 15) is 17.4 Å². The third-order valence-corrected chi connectivity index (χ3v) is 8.18. The zero-order chi connectivity index (χ0) is 24.3. The molecule has 2 N–H and O–H groups in total. The van der Waals surface area contributed by atoms with Gasteiger partial charge in [0.2, 0.25) is 10.0 Å². The molecule has 0 fully saturated rings. The summed E-state index contributed by atoms with van der Waals surface area (Å²) in [6.07, 6.45) is 3.69. The SMILES string of the molecule is CS(=O)c1cccc(-c2ccc(S(=O)(=O)NC3CCCc4c(OCC(=O)O)cccc43)cc2)c1. The number of rotatable bonds is 8. The Balaban J connectivity index is 1.55. The van der Waals surface area contributed by atoms with E-state index in [1.54, 1.807) is 48.7 Å². The molecule has 7 nitrogen and oxygen atoms in total. The molecule has 0 aliphatic heterocycles. The van der Waals surface area contributed by atoms with E-state index in [1.165, 1.54) is 0 Å². The Bertz CT molecular complexity index is 1340. The van der Waals surface area contributed by atoms with Gasteiger partial charge in [0.15, 0.2) is 6.61 Å². The molecule has 3 aromatic rings. The number of carboxylic acids is 1. The lowest BCUT2D eigenvalue weighted by atomic mass is 9.87. The van der Waals surface area contributed by atoms with Crippen LogP contribution in [0.25, 0.3) is 11.1 Å². The monoisotopic (exact) mass is 499 g/mol. The molecule has 3 aromatic carbocycles. The lowest BCUT2D eigenvalue weighted by Gasteiger charge is -2.27. The van der Waals surface area contributed by atoms with Gasteiger partial charge in [-0.15, -0.1) is 0 Å². The quantitative estimate of drug-likeness (QED) is 0.486. The number of hydrogen-bond acceptors (Lipinski definition) is 5. The summed E-state index contributed by atoms with van der Waals surface area (Å²) in [5.41, 5.74) is 3.33. The second-order valence-electron chi connectivity index (χ2n) is 8.08. The number of carboxylic acid groups (broad SMARTS) is 1. The van der Waals surface area contributed by atoms with Gasteiger partial charge in [0.05, 0.1) is 4.90 Å². The van der Waals surface area contributed by atoms with Crippen molar-refractivity contribution in [3.63, 3.8) is 0 Å². The number of ether oxygens (including phenoxy) is 1. The molecule has 34 heavy (non-hydrogen) atoms. The zero-order valence-electron chi connectivity index (χ0n) is 18.6. The fraction of sp³-hybridized carbons (Fsp3) is 0.240. The highest BCUT2D eigenvalue weighted by molar-refractivity contribution is 7.89. The summed E-state index contributed by atoms with van der Waals surface area (Å²) in [4.78, 5) is 11.7. The molecule has 0 radical (unpaired) electrons. The summed E-state index contributed by atoms with van der Waals surface area (Å²) in [5, 5.41) is 8.91. The van der Waals surface area contributed by atoms with Gasteiger partial charge in [0, 0.05) is 28.0 Å². The van der Waals surface area contributed by atoms with Crippen molar-refractivity contribution >= 4 is 26.8 Å². The highest BCUT2D eigenvalue weighted by atomic mass is 32.2. The standard InChI is InChI=1S/C25H25NO6S2/c1-33(29)19-6-2-5-18(15-19)17-11-13-20(14-12-17)34(30,31)26-23-9-3-8-22-21(23)7-4-10-24(22)32-16-25(27)28/h2,4-7,10-15,23,26H,3,8-9,16H2,1H3,(H,27,28). The lowest BCUT2D eigenvalue weighted by molar-refractivity contribution is -0.139. The second kappa shape index (κ2) is 10.1. The molecule has 2 unspecified atom stereocenters. The topological polar surface area (TPSA) is 110 Å². The number of fused-ring (bicyclic) bond motifs is 1. The summed E-state index contributed by atoms with van der Waals surface area (Å²) in [6.45, 7) is -0.448. The van der Waals surface area contributed by atoms with Gasteiger partial charge >= 0.3 is 5.97 Å². The molecule has 0 bridgehead atoms. The Morgan fingerprint density at radius 2 is 1.82 bits per heavy atom. The molecule has 2 atom stereocenters. The summed E-state index contributed by atoms with van der Waals surface area (Å²) in [7, 11) is -4.90. The molecule has 178 valence electrons. The van der Waals surface area contributed by atoms with Crippen LogP contribution in [0, 0.1) is 0 Å². The van der Waals surface area contributed by atoms with Crippen LogP contribution in [0.1, 0.15) is 30.0 Å². The Labute approximate surface area is 201 Å². The van der Waals surface area contributed by atoms with Crippen LogP contribution in [0.4, 0.5) is 0 Å². The van der Waals surface area contributed by atoms with Gasteiger partial charge in [-0.2, -0.15) is 0 Å². The van der Waals surface area contributed by atoms with E-state index in [-0.39, 0.29) is 4.90 Å². The summed E-state index contributed by atoms with van der Waals surface area (Å²) >= 11 is 0. The molecule has 9 heteroatoms. The Hall–Kier alpha value is -3.01. The molecule has 4 rings (SSSR count). The first-order chi connectivity index (χ1) is 16.2. The van der Waals surface area contributed by atoms with Crippen molar-refractivity contribution in [1.29, 1.82) is 0 Å². The van der Waals surface area contributed by atoms with E-state index in [4.69, 9.17) is 9.84 Å². The fourth-order valence-electron chi connectivity index (χ4n) is 4.15. The maximum atomic E-state index is 13.1. The predicted molar refractivity (Wildman–Crippen MR) is 130 cm³/mol. The first-order valence-corrected chi connectivity index (χ1v) is 13.8. The van der Waals surface area contributed by atoms with Crippen molar-refractivity contribution in [1.82, 2.24) is 4.72 Å². The minimum Gasteiger partial charge on any atom is -0.482 e. The summed E-state index contributed by atoms with van der Waals surface area (Å²) < 4.78 is 46.3. The number of benzene rings is 3. The van der Waals surface area contributed by atoms with Gasteiger partial charge in [-0.1, -0.05) is 36.4 Å². The van der Waals surface area contributed by atoms with Crippen molar-refractivity contribution in [2.24, 2.45) is 0 Å². The molecule has 0 saturated carbocycles. The molecule has 0 aromatic heterocycles. The Morgan fingerprint density at radius 3 is 2.53 bits per heavy atom. The molecule has 0 amide bonds. The van der Waals surface area contributed by atoms with Gasteiger partial charge in [-0.25, -0.2) is 17.9 Å². The van der Waals surface area contributed by atoms with Crippen LogP contribution in [0.15, 0.2) is 76.5 Å². The van der Waals surface area contributed by atoms with Crippen LogP contribution in [0.3, 0.4) is 0 Å². The van der Waals surface area contributed by atoms with E-state index in [2.05, 4.69) is 4.72 Å². The molecular weight excluding hydrogens is 474 g/mol. The van der Waals surface area contributed by atoms with Gasteiger partial charge in [-0.3, -0.25) is 4.21 Å². The highest BCUT2D eigenvalue weighted by Gasteiger charge is 2.27. The smallest absolute Gasteiger partial charge is 0.341 e. The molecule has 0 spiro atoms. The normalized spacial score (nSPS) is 16.4. The number of sulfonamides is 1. The summed E-state index contributed by atoms with van der Waals surface area (Å²) in [5.74, 6) is -0.591. The Kier molecular flexibility index (Phi) is 7.16. The average molecular weight is 500 g/mol. The van der Waals surface area contributed by atoms with Gasteiger partial charge in [0.25, 0.3) is 0 Å². The predicted octanol–water partition coefficient (Wildman–Crippen LogP) is 3.91.